The third kappa shape index (κ3) is 3.30. The summed E-state index contributed by atoms with van der Waals surface area (Å²) in [5.74, 6) is -0.334. The molecule has 1 aliphatic heterocycles. The molecule has 0 aromatic heterocycles. The van der Waals surface area contributed by atoms with Crippen LogP contribution in [0.5, 0.6) is 0 Å². The summed E-state index contributed by atoms with van der Waals surface area (Å²) in [7, 11) is 0. The first-order chi connectivity index (χ1) is 8.02. The van der Waals surface area contributed by atoms with Crippen molar-refractivity contribution in [3.05, 3.63) is 34.9 Å². The molecule has 0 aliphatic carbocycles. The summed E-state index contributed by atoms with van der Waals surface area (Å²) in [6, 6.07) is 6.59. The van der Waals surface area contributed by atoms with Crippen LogP contribution in [0.2, 0.25) is 0 Å². The second-order valence-corrected chi connectivity index (χ2v) is 5.15. The van der Waals surface area contributed by atoms with Gasteiger partial charge in [0.25, 0.3) is 0 Å². The second kappa shape index (κ2) is 4.88. The molecule has 0 amide bonds. The van der Waals surface area contributed by atoms with E-state index < -0.39 is 5.97 Å². The molecule has 17 heavy (non-hydrogen) atoms. The number of carbonyl (C=O) groups is 1. The third-order valence-corrected chi connectivity index (χ3v) is 3.18. The van der Waals surface area contributed by atoms with Crippen molar-refractivity contribution in [2.45, 2.75) is 26.8 Å². The first kappa shape index (κ1) is 12.1. The topological polar surface area (TPSA) is 40.5 Å². The van der Waals surface area contributed by atoms with Gasteiger partial charge in [-0.1, -0.05) is 29.3 Å². The highest BCUT2D eigenvalue weighted by molar-refractivity contribution is 5.67. The van der Waals surface area contributed by atoms with Crippen molar-refractivity contribution in [1.82, 2.24) is 4.90 Å². The zero-order valence-electron chi connectivity index (χ0n) is 10.4. The van der Waals surface area contributed by atoms with Crippen molar-refractivity contribution < 1.29 is 9.90 Å². The third-order valence-electron chi connectivity index (χ3n) is 3.18. The first-order valence-electron chi connectivity index (χ1n) is 6.04. The van der Waals surface area contributed by atoms with Gasteiger partial charge in [0, 0.05) is 19.6 Å². The van der Waals surface area contributed by atoms with Crippen molar-refractivity contribution in [3.63, 3.8) is 0 Å². The van der Waals surface area contributed by atoms with Crippen LogP contribution in [0, 0.1) is 19.8 Å². The molecule has 0 spiro atoms. The zero-order valence-corrected chi connectivity index (χ0v) is 10.4. The van der Waals surface area contributed by atoms with Gasteiger partial charge in [0.2, 0.25) is 0 Å². The number of carboxylic acids is 1. The van der Waals surface area contributed by atoms with E-state index in [1.807, 2.05) is 0 Å². The van der Waals surface area contributed by atoms with E-state index in [0.29, 0.717) is 12.3 Å². The van der Waals surface area contributed by atoms with Crippen LogP contribution in [0.25, 0.3) is 0 Å². The van der Waals surface area contributed by atoms with E-state index >= 15 is 0 Å². The van der Waals surface area contributed by atoms with E-state index in [1.165, 1.54) is 16.7 Å². The van der Waals surface area contributed by atoms with Gasteiger partial charge in [0.05, 0.1) is 6.42 Å². The van der Waals surface area contributed by atoms with E-state index in [0.717, 1.165) is 19.6 Å². The molecule has 92 valence electrons. The molecule has 0 atom stereocenters. The van der Waals surface area contributed by atoms with E-state index in [1.54, 1.807) is 0 Å². The molecule has 1 heterocycles. The van der Waals surface area contributed by atoms with Crippen molar-refractivity contribution in [3.8, 4) is 0 Å². The number of likely N-dealkylation sites (tertiary alicyclic amines) is 1. The highest BCUT2D eigenvalue weighted by Gasteiger charge is 2.28. The highest BCUT2D eigenvalue weighted by Crippen LogP contribution is 2.22. The maximum Gasteiger partial charge on any atom is 0.303 e. The lowest BCUT2D eigenvalue weighted by molar-refractivity contribution is -0.139. The molecule has 1 fully saturated rings. The summed E-state index contributed by atoms with van der Waals surface area (Å²) in [6.07, 6.45) is 0.309. The van der Waals surface area contributed by atoms with E-state index in [4.69, 9.17) is 5.11 Å². The molecular formula is C14H19NO2. The molecule has 1 saturated heterocycles. The minimum Gasteiger partial charge on any atom is -0.481 e. The summed E-state index contributed by atoms with van der Waals surface area (Å²) in [4.78, 5) is 12.8. The van der Waals surface area contributed by atoms with Crippen LogP contribution in [-0.2, 0) is 11.3 Å². The summed E-state index contributed by atoms with van der Waals surface area (Å²) < 4.78 is 0. The predicted molar refractivity (Wildman–Crippen MR) is 66.9 cm³/mol. The van der Waals surface area contributed by atoms with Gasteiger partial charge in [0.15, 0.2) is 0 Å². The van der Waals surface area contributed by atoms with Gasteiger partial charge in [-0.05, 0) is 25.3 Å². The lowest BCUT2D eigenvalue weighted by Crippen LogP contribution is -2.46. The van der Waals surface area contributed by atoms with Crippen LogP contribution in [0.4, 0.5) is 0 Å². The Morgan fingerprint density at radius 3 is 2.41 bits per heavy atom. The molecule has 0 bridgehead atoms. The summed E-state index contributed by atoms with van der Waals surface area (Å²) in [5.41, 5.74) is 3.92. The standard InChI is InChI=1S/C14H19NO2/c1-10-3-11(2)5-12(4-10)7-15-8-13(9-15)6-14(16)17/h3-5,13H,6-9H2,1-2H3,(H,16,17). The Balaban J connectivity index is 1.85. The molecule has 1 aliphatic rings. The van der Waals surface area contributed by atoms with Gasteiger partial charge in [-0.15, -0.1) is 0 Å². The number of aliphatic carboxylic acids is 1. The van der Waals surface area contributed by atoms with Gasteiger partial charge in [-0.2, -0.15) is 0 Å². The van der Waals surface area contributed by atoms with Crippen molar-refractivity contribution in [2.24, 2.45) is 5.92 Å². The molecule has 1 aromatic rings. The van der Waals surface area contributed by atoms with Crippen molar-refractivity contribution in [2.75, 3.05) is 13.1 Å². The fraction of sp³-hybridized carbons (Fsp3) is 0.500. The Bertz CT molecular complexity index is 402. The number of rotatable bonds is 4. The van der Waals surface area contributed by atoms with Crippen LogP contribution in [0.3, 0.4) is 0 Å². The molecule has 2 rings (SSSR count). The Morgan fingerprint density at radius 1 is 1.29 bits per heavy atom. The summed E-state index contributed by atoms with van der Waals surface area (Å²) in [5, 5.41) is 8.68. The molecule has 3 heteroatoms. The number of benzene rings is 1. The number of nitrogens with zero attached hydrogens (tertiary/aromatic N) is 1. The monoisotopic (exact) mass is 233 g/mol. The fourth-order valence-corrected chi connectivity index (χ4v) is 2.60. The summed E-state index contributed by atoms with van der Waals surface area (Å²) >= 11 is 0. The molecule has 0 radical (unpaired) electrons. The summed E-state index contributed by atoms with van der Waals surface area (Å²) in [6.45, 7) is 7.00. The van der Waals surface area contributed by atoms with E-state index in [9.17, 15) is 4.79 Å². The van der Waals surface area contributed by atoms with Gasteiger partial charge in [-0.3, -0.25) is 9.69 Å². The van der Waals surface area contributed by atoms with Crippen LogP contribution >= 0.6 is 0 Å². The Labute approximate surface area is 102 Å². The lowest BCUT2D eigenvalue weighted by Gasteiger charge is -2.38. The fourth-order valence-electron chi connectivity index (χ4n) is 2.60. The molecule has 3 nitrogen and oxygen atoms in total. The van der Waals surface area contributed by atoms with Crippen molar-refractivity contribution >= 4 is 5.97 Å². The molecule has 1 N–H and O–H groups in total. The van der Waals surface area contributed by atoms with Crippen LogP contribution in [0.1, 0.15) is 23.1 Å². The average molecular weight is 233 g/mol. The van der Waals surface area contributed by atoms with Crippen LogP contribution < -0.4 is 0 Å². The van der Waals surface area contributed by atoms with E-state index in [2.05, 4.69) is 36.9 Å². The largest absolute Gasteiger partial charge is 0.481 e. The van der Waals surface area contributed by atoms with Gasteiger partial charge < -0.3 is 5.11 Å². The Kier molecular flexibility index (Phi) is 3.48. The highest BCUT2D eigenvalue weighted by atomic mass is 16.4. The SMILES string of the molecule is Cc1cc(C)cc(CN2CC(CC(=O)O)C2)c1. The quantitative estimate of drug-likeness (QED) is 0.866. The van der Waals surface area contributed by atoms with Crippen molar-refractivity contribution in [1.29, 1.82) is 0 Å². The van der Waals surface area contributed by atoms with Gasteiger partial charge in [0.1, 0.15) is 0 Å². The number of hydrogen-bond donors (Lipinski definition) is 1. The minimum atomic E-state index is -0.680. The first-order valence-corrected chi connectivity index (χ1v) is 6.04. The minimum absolute atomic E-state index is 0.309. The number of carboxylic acid groups (broad SMARTS) is 1. The average Bonchev–Trinajstić information content (AvgIpc) is 2.11. The number of aryl methyl sites for hydroxylation is 2. The molecule has 1 aromatic carbocycles. The van der Waals surface area contributed by atoms with Crippen LogP contribution in [0.15, 0.2) is 18.2 Å². The predicted octanol–water partition coefficient (Wildman–Crippen LogP) is 2.21. The normalized spacial score (nSPS) is 16.8. The Morgan fingerprint density at radius 2 is 1.88 bits per heavy atom. The lowest BCUT2D eigenvalue weighted by atomic mass is 9.95. The zero-order chi connectivity index (χ0) is 12.4. The van der Waals surface area contributed by atoms with Gasteiger partial charge in [-0.25, -0.2) is 0 Å². The second-order valence-electron chi connectivity index (χ2n) is 5.15. The smallest absolute Gasteiger partial charge is 0.303 e. The maximum atomic E-state index is 10.5. The van der Waals surface area contributed by atoms with Gasteiger partial charge >= 0.3 is 5.97 Å². The van der Waals surface area contributed by atoms with E-state index in [-0.39, 0.29) is 0 Å². The Hall–Kier alpha value is -1.35. The number of hydrogen-bond acceptors (Lipinski definition) is 2. The molecular weight excluding hydrogens is 214 g/mol. The molecule has 0 saturated carbocycles. The van der Waals surface area contributed by atoms with Crippen LogP contribution in [-0.4, -0.2) is 29.1 Å². The maximum absolute atomic E-state index is 10.5. The molecule has 0 unspecified atom stereocenters.